The van der Waals surface area contributed by atoms with Crippen molar-refractivity contribution in [2.75, 3.05) is 13.2 Å². The van der Waals surface area contributed by atoms with Gasteiger partial charge in [-0.05, 0) is 84.0 Å². The molecular weight excluding hydrogens is 484 g/mol. The molecule has 0 aromatic rings. The van der Waals surface area contributed by atoms with E-state index in [1.807, 2.05) is 0 Å². The van der Waals surface area contributed by atoms with Crippen molar-refractivity contribution in [2.24, 2.45) is 23.7 Å². The molecule has 4 atom stereocenters. The average Bonchev–Trinajstić information content (AvgIpc) is 2.92. The predicted octanol–water partition coefficient (Wildman–Crippen LogP) is 9.93. The van der Waals surface area contributed by atoms with Crippen LogP contribution in [0.2, 0.25) is 0 Å². The van der Waals surface area contributed by atoms with Gasteiger partial charge in [0.2, 0.25) is 0 Å². The quantitative estimate of drug-likeness (QED) is 0.113. The van der Waals surface area contributed by atoms with Gasteiger partial charge in [0.1, 0.15) is 0 Å². The second-order valence-electron chi connectivity index (χ2n) is 12.0. The van der Waals surface area contributed by atoms with Crippen LogP contribution in [0.5, 0.6) is 0 Å². The van der Waals surface area contributed by atoms with Crippen molar-refractivity contribution in [3.63, 3.8) is 0 Å². The highest BCUT2D eigenvalue weighted by molar-refractivity contribution is 5.83. The Morgan fingerprint density at radius 3 is 1.92 bits per heavy atom. The van der Waals surface area contributed by atoms with Gasteiger partial charge < -0.3 is 9.47 Å². The lowest BCUT2D eigenvalue weighted by molar-refractivity contribution is -0.162. The molecule has 0 aromatic carbocycles. The molecule has 0 fully saturated rings. The molecule has 0 spiro atoms. The van der Waals surface area contributed by atoms with Gasteiger partial charge in [-0.2, -0.15) is 0 Å². The minimum atomic E-state index is -0.445. The fraction of sp³-hybridized carbons (Fsp3) is 0.771. The summed E-state index contributed by atoms with van der Waals surface area (Å²) in [5.41, 5.74) is 4.04. The summed E-state index contributed by atoms with van der Waals surface area (Å²) in [5.74, 6) is -0.549. The minimum absolute atomic E-state index is 0.219. The molecule has 0 aliphatic heterocycles. The normalized spacial score (nSPS) is 19.2. The summed E-state index contributed by atoms with van der Waals surface area (Å²) < 4.78 is 11.7. The molecule has 224 valence electrons. The van der Waals surface area contributed by atoms with Gasteiger partial charge in [0.05, 0.1) is 25.0 Å². The smallest absolute Gasteiger partial charge is 0.310 e. The molecular formula is C35H60O4. The highest BCUT2D eigenvalue weighted by atomic mass is 16.5. The van der Waals surface area contributed by atoms with E-state index in [0.29, 0.717) is 37.9 Å². The number of rotatable bonds is 20. The maximum absolute atomic E-state index is 13.4. The van der Waals surface area contributed by atoms with Gasteiger partial charge in [-0.25, -0.2) is 0 Å². The van der Waals surface area contributed by atoms with Crippen LogP contribution in [0.4, 0.5) is 0 Å². The molecule has 0 aromatic heterocycles. The number of carbonyl (C=O) groups is 2. The van der Waals surface area contributed by atoms with Crippen molar-refractivity contribution in [1.29, 1.82) is 0 Å². The van der Waals surface area contributed by atoms with Gasteiger partial charge in [0.25, 0.3) is 0 Å². The number of allylic oxidation sites excluding steroid dienone is 6. The number of hydrogen-bond donors (Lipinski definition) is 0. The van der Waals surface area contributed by atoms with E-state index in [-0.39, 0.29) is 11.9 Å². The summed E-state index contributed by atoms with van der Waals surface area (Å²) in [6.45, 7) is 16.1. The third-order valence-electron chi connectivity index (χ3n) is 8.29. The van der Waals surface area contributed by atoms with Crippen LogP contribution in [-0.2, 0) is 19.1 Å². The molecule has 4 unspecified atom stereocenters. The summed E-state index contributed by atoms with van der Waals surface area (Å²) in [5, 5.41) is 0. The SMILES string of the molecule is CCCCC(CC)COC(=O)C1CC=C(CCC=C(C)CCC=C(C)C)CC1C(=O)OCC(CC)CCCC. The Morgan fingerprint density at radius 2 is 1.41 bits per heavy atom. The Balaban J connectivity index is 2.85. The molecule has 0 amide bonds. The van der Waals surface area contributed by atoms with Crippen LogP contribution in [0.15, 0.2) is 34.9 Å². The zero-order valence-electron chi connectivity index (χ0n) is 26.5. The lowest BCUT2D eigenvalue weighted by Gasteiger charge is -2.29. The first-order valence-electron chi connectivity index (χ1n) is 16.1. The van der Waals surface area contributed by atoms with E-state index in [2.05, 4.69) is 66.7 Å². The first-order valence-corrected chi connectivity index (χ1v) is 16.1. The molecule has 0 saturated heterocycles. The van der Waals surface area contributed by atoms with Crippen LogP contribution in [-0.4, -0.2) is 25.2 Å². The molecule has 1 aliphatic rings. The van der Waals surface area contributed by atoms with Crippen molar-refractivity contribution in [3.8, 4) is 0 Å². The second kappa shape index (κ2) is 21.0. The standard InChI is InChI=1S/C35H60O4/c1-8-12-19-29(10-3)25-38-34(36)32-23-22-31(21-15-18-28(7)17-14-16-27(5)6)24-33(32)35(37)39-26-30(11-4)20-13-9-2/h16,18,22,29-30,32-33H,8-15,17,19-21,23-26H2,1-7H3. The highest BCUT2D eigenvalue weighted by Crippen LogP contribution is 2.34. The third-order valence-corrected chi connectivity index (χ3v) is 8.29. The van der Waals surface area contributed by atoms with Gasteiger partial charge in [0.15, 0.2) is 0 Å². The first-order chi connectivity index (χ1) is 18.7. The van der Waals surface area contributed by atoms with Crippen molar-refractivity contribution < 1.29 is 19.1 Å². The number of esters is 2. The molecule has 0 N–H and O–H groups in total. The van der Waals surface area contributed by atoms with E-state index in [1.54, 1.807) is 0 Å². The first kappa shape index (κ1) is 35.2. The maximum atomic E-state index is 13.4. The van der Waals surface area contributed by atoms with Gasteiger partial charge in [-0.1, -0.05) is 101 Å². The summed E-state index contributed by atoms with van der Waals surface area (Å²) in [7, 11) is 0. The van der Waals surface area contributed by atoms with E-state index >= 15 is 0 Å². The van der Waals surface area contributed by atoms with E-state index in [1.165, 1.54) is 16.7 Å². The Labute approximate surface area is 241 Å². The van der Waals surface area contributed by atoms with Crippen LogP contribution in [0.1, 0.15) is 138 Å². The zero-order valence-corrected chi connectivity index (χ0v) is 26.5. The molecule has 1 rings (SSSR count). The van der Waals surface area contributed by atoms with Crippen LogP contribution < -0.4 is 0 Å². The van der Waals surface area contributed by atoms with Crippen molar-refractivity contribution in [3.05, 3.63) is 34.9 Å². The molecule has 0 radical (unpaired) electrons. The largest absolute Gasteiger partial charge is 0.465 e. The molecule has 0 saturated carbocycles. The van der Waals surface area contributed by atoms with Crippen LogP contribution in [0, 0.1) is 23.7 Å². The highest BCUT2D eigenvalue weighted by Gasteiger charge is 2.38. The molecule has 0 bridgehead atoms. The summed E-state index contributed by atoms with van der Waals surface area (Å²) in [4.78, 5) is 26.6. The van der Waals surface area contributed by atoms with Crippen molar-refractivity contribution in [2.45, 2.75) is 138 Å². The fourth-order valence-electron chi connectivity index (χ4n) is 5.28. The topological polar surface area (TPSA) is 52.6 Å². The number of carbonyl (C=O) groups excluding carboxylic acids is 2. The summed E-state index contributed by atoms with van der Waals surface area (Å²) in [6.07, 6.45) is 20.8. The van der Waals surface area contributed by atoms with Gasteiger partial charge in [0, 0.05) is 0 Å². The van der Waals surface area contributed by atoms with Gasteiger partial charge >= 0.3 is 11.9 Å². The Bertz CT molecular complexity index is 786. The number of hydrogen-bond acceptors (Lipinski definition) is 4. The molecule has 0 heterocycles. The van der Waals surface area contributed by atoms with E-state index in [0.717, 1.165) is 77.0 Å². The lowest BCUT2D eigenvalue weighted by atomic mass is 9.78. The lowest BCUT2D eigenvalue weighted by Crippen LogP contribution is -2.36. The molecule has 4 heteroatoms. The predicted molar refractivity (Wildman–Crippen MR) is 164 cm³/mol. The van der Waals surface area contributed by atoms with Crippen LogP contribution in [0.3, 0.4) is 0 Å². The Morgan fingerprint density at radius 1 is 0.846 bits per heavy atom. The molecule has 39 heavy (non-hydrogen) atoms. The van der Waals surface area contributed by atoms with Crippen LogP contribution in [0.25, 0.3) is 0 Å². The Kier molecular flexibility index (Phi) is 18.9. The van der Waals surface area contributed by atoms with Crippen LogP contribution >= 0.6 is 0 Å². The van der Waals surface area contributed by atoms with Crippen molar-refractivity contribution >= 4 is 11.9 Å². The summed E-state index contributed by atoms with van der Waals surface area (Å²) >= 11 is 0. The number of ether oxygens (including phenoxy) is 2. The van der Waals surface area contributed by atoms with Gasteiger partial charge in [-0.3, -0.25) is 9.59 Å². The average molecular weight is 545 g/mol. The molecule has 4 nitrogen and oxygen atoms in total. The zero-order chi connectivity index (χ0) is 29.0. The second-order valence-corrected chi connectivity index (χ2v) is 12.0. The maximum Gasteiger partial charge on any atom is 0.310 e. The Hall–Kier alpha value is -1.84. The third kappa shape index (κ3) is 14.9. The number of unbranched alkanes of at least 4 members (excludes halogenated alkanes) is 2. The summed E-state index contributed by atoms with van der Waals surface area (Å²) in [6, 6.07) is 0. The monoisotopic (exact) mass is 544 g/mol. The minimum Gasteiger partial charge on any atom is -0.465 e. The van der Waals surface area contributed by atoms with E-state index in [9.17, 15) is 9.59 Å². The fourth-order valence-corrected chi connectivity index (χ4v) is 5.28. The van der Waals surface area contributed by atoms with Crippen molar-refractivity contribution in [1.82, 2.24) is 0 Å². The van der Waals surface area contributed by atoms with E-state index in [4.69, 9.17) is 9.47 Å². The van der Waals surface area contributed by atoms with E-state index < -0.39 is 11.8 Å². The molecule has 1 aliphatic carbocycles. The van der Waals surface area contributed by atoms with Gasteiger partial charge in [-0.15, -0.1) is 0 Å².